The number of amides is 2. The zero-order chi connectivity index (χ0) is 22.7. The number of hydrogen-bond acceptors (Lipinski definition) is 5. The predicted octanol–water partition coefficient (Wildman–Crippen LogP) is 3.77. The molecule has 3 aromatic rings. The summed E-state index contributed by atoms with van der Waals surface area (Å²) in [5.41, 5.74) is 3.21. The number of nitrogens with one attached hydrogen (secondary N) is 1. The van der Waals surface area contributed by atoms with Crippen molar-refractivity contribution in [1.29, 1.82) is 0 Å². The summed E-state index contributed by atoms with van der Waals surface area (Å²) in [6, 6.07) is 18.2. The van der Waals surface area contributed by atoms with Crippen molar-refractivity contribution in [2.75, 3.05) is 5.01 Å². The van der Waals surface area contributed by atoms with Crippen molar-refractivity contribution in [3.63, 3.8) is 0 Å². The van der Waals surface area contributed by atoms with E-state index in [0.717, 1.165) is 5.01 Å². The summed E-state index contributed by atoms with van der Waals surface area (Å²) in [7, 11) is 0. The highest BCUT2D eigenvalue weighted by atomic mass is 19.1. The highest BCUT2D eigenvalue weighted by Gasteiger charge is 2.35. The molecule has 2 amide bonds. The third kappa shape index (κ3) is 4.17. The van der Waals surface area contributed by atoms with Crippen LogP contribution >= 0.6 is 0 Å². The normalized spacial score (nSPS) is 14.5. The first-order valence-corrected chi connectivity index (χ1v) is 9.51. The lowest BCUT2D eigenvalue weighted by molar-refractivity contribution is -0.386. The van der Waals surface area contributed by atoms with Crippen LogP contribution in [0.2, 0.25) is 0 Å². The number of carbonyl (C=O) groups excluding carboxylic acids is 2. The molecular formula is C23H16FN3O5. The van der Waals surface area contributed by atoms with Gasteiger partial charge in [0.2, 0.25) is 5.75 Å². The molecule has 0 radical (unpaired) electrons. The number of hydrogen-bond donors (Lipinski definition) is 1. The van der Waals surface area contributed by atoms with Crippen LogP contribution in [0.4, 0.5) is 15.8 Å². The molecule has 1 aliphatic rings. The van der Waals surface area contributed by atoms with Crippen LogP contribution in [0.25, 0.3) is 6.08 Å². The van der Waals surface area contributed by atoms with Gasteiger partial charge in [-0.2, -0.15) is 0 Å². The number of nitrogens with zero attached hydrogens (tertiary/aromatic N) is 2. The number of ether oxygens (including phenoxy) is 1. The molecule has 4 rings (SSSR count). The standard InChI is InChI=1S/C23H16FN3O5/c24-17-11-9-15(10-12-17)14-32-21-16(5-4-8-20(21)27(30)31)13-19-22(28)25-26(23(19)29)18-6-2-1-3-7-18/h1-13H,14H2,(H,25,28)/b19-13-. The van der Waals surface area contributed by atoms with Crippen molar-refractivity contribution in [2.45, 2.75) is 6.61 Å². The van der Waals surface area contributed by atoms with Crippen molar-refractivity contribution in [1.82, 2.24) is 5.43 Å². The molecule has 0 bridgehead atoms. The average molecular weight is 433 g/mol. The lowest BCUT2D eigenvalue weighted by Gasteiger charge is -2.14. The number of nitro groups is 1. The highest BCUT2D eigenvalue weighted by Crippen LogP contribution is 2.34. The molecule has 3 aromatic carbocycles. The van der Waals surface area contributed by atoms with E-state index in [-0.39, 0.29) is 29.2 Å². The van der Waals surface area contributed by atoms with Crippen LogP contribution in [0.1, 0.15) is 11.1 Å². The number of carbonyl (C=O) groups is 2. The number of nitro benzene ring substituents is 1. The number of anilines is 1. The first-order chi connectivity index (χ1) is 15.4. The average Bonchev–Trinajstić information content (AvgIpc) is 3.08. The molecule has 0 unspecified atom stereocenters. The van der Waals surface area contributed by atoms with Gasteiger partial charge in [-0.1, -0.05) is 42.5 Å². The van der Waals surface area contributed by atoms with Crippen molar-refractivity contribution < 1.29 is 23.6 Å². The number of hydrazine groups is 1. The summed E-state index contributed by atoms with van der Waals surface area (Å²) in [6.07, 6.45) is 1.26. The fourth-order valence-corrected chi connectivity index (χ4v) is 3.16. The first-order valence-electron chi connectivity index (χ1n) is 9.51. The Balaban J connectivity index is 1.68. The second-order valence-corrected chi connectivity index (χ2v) is 6.84. The van der Waals surface area contributed by atoms with E-state index in [1.807, 2.05) is 0 Å². The van der Waals surface area contributed by atoms with Gasteiger partial charge in [-0.15, -0.1) is 0 Å². The first kappa shape index (κ1) is 20.7. The Morgan fingerprint density at radius 1 is 1.00 bits per heavy atom. The molecular weight excluding hydrogens is 417 g/mol. The highest BCUT2D eigenvalue weighted by molar-refractivity contribution is 6.31. The van der Waals surface area contributed by atoms with Gasteiger partial charge in [-0.3, -0.25) is 25.1 Å². The topological polar surface area (TPSA) is 102 Å². The molecule has 0 atom stereocenters. The molecule has 9 heteroatoms. The smallest absolute Gasteiger partial charge is 0.311 e. The van der Waals surface area contributed by atoms with Gasteiger partial charge in [0.15, 0.2) is 0 Å². The van der Waals surface area contributed by atoms with E-state index in [9.17, 15) is 24.1 Å². The van der Waals surface area contributed by atoms with Crippen LogP contribution in [-0.4, -0.2) is 16.7 Å². The van der Waals surface area contributed by atoms with Gasteiger partial charge < -0.3 is 4.74 Å². The van der Waals surface area contributed by atoms with Crippen LogP contribution < -0.4 is 15.2 Å². The van der Waals surface area contributed by atoms with E-state index >= 15 is 0 Å². The summed E-state index contributed by atoms with van der Waals surface area (Å²) in [6.45, 7) is -0.0718. The summed E-state index contributed by atoms with van der Waals surface area (Å²) in [5.74, 6) is -1.77. The van der Waals surface area contributed by atoms with Gasteiger partial charge in [0, 0.05) is 11.6 Å². The van der Waals surface area contributed by atoms with E-state index in [1.165, 1.54) is 48.5 Å². The zero-order valence-electron chi connectivity index (χ0n) is 16.5. The van der Waals surface area contributed by atoms with E-state index < -0.39 is 22.6 Å². The Labute approximate surface area is 181 Å². The molecule has 0 aromatic heterocycles. The largest absolute Gasteiger partial charge is 0.482 e. The van der Waals surface area contributed by atoms with Crippen LogP contribution in [0.5, 0.6) is 5.75 Å². The molecule has 1 N–H and O–H groups in total. The van der Waals surface area contributed by atoms with Gasteiger partial charge in [-0.05, 0) is 35.9 Å². The summed E-state index contributed by atoms with van der Waals surface area (Å²) in [5, 5.41) is 12.6. The van der Waals surface area contributed by atoms with Gasteiger partial charge in [0.05, 0.1) is 10.6 Å². The zero-order valence-corrected chi connectivity index (χ0v) is 16.5. The molecule has 8 nitrogen and oxygen atoms in total. The lowest BCUT2D eigenvalue weighted by Crippen LogP contribution is -2.35. The van der Waals surface area contributed by atoms with Crippen LogP contribution in [0, 0.1) is 15.9 Å². The second kappa shape index (κ2) is 8.68. The Morgan fingerprint density at radius 3 is 2.41 bits per heavy atom. The number of para-hydroxylation sites is 2. The van der Waals surface area contributed by atoms with Crippen molar-refractivity contribution in [3.8, 4) is 5.75 Å². The summed E-state index contributed by atoms with van der Waals surface area (Å²) >= 11 is 0. The minimum Gasteiger partial charge on any atom is -0.482 e. The van der Waals surface area contributed by atoms with Gasteiger partial charge in [-0.25, -0.2) is 9.40 Å². The Hall–Kier alpha value is -4.53. The maximum atomic E-state index is 13.1. The molecule has 0 spiro atoms. The van der Waals surface area contributed by atoms with Crippen molar-refractivity contribution in [2.24, 2.45) is 0 Å². The third-order valence-electron chi connectivity index (χ3n) is 4.72. The van der Waals surface area contributed by atoms with Crippen molar-refractivity contribution in [3.05, 3.63) is 105 Å². The number of benzene rings is 3. The van der Waals surface area contributed by atoms with E-state index in [4.69, 9.17) is 4.74 Å². The van der Waals surface area contributed by atoms with E-state index in [0.29, 0.717) is 11.3 Å². The molecule has 160 valence electrons. The van der Waals surface area contributed by atoms with Crippen LogP contribution in [-0.2, 0) is 16.2 Å². The third-order valence-corrected chi connectivity index (χ3v) is 4.72. The summed E-state index contributed by atoms with van der Waals surface area (Å²) in [4.78, 5) is 36.2. The Bertz CT molecular complexity index is 1230. The number of halogens is 1. The Kier molecular flexibility index (Phi) is 5.63. The minimum atomic E-state index is -0.644. The maximum absolute atomic E-state index is 13.1. The maximum Gasteiger partial charge on any atom is 0.311 e. The molecule has 1 aliphatic heterocycles. The van der Waals surface area contributed by atoms with Crippen LogP contribution in [0.3, 0.4) is 0 Å². The molecule has 1 heterocycles. The van der Waals surface area contributed by atoms with E-state index in [1.54, 1.807) is 30.3 Å². The SMILES string of the molecule is O=C1NN(c2ccccc2)C(=O)/C1=C\c1cccc([N+](=O)[O-])c1OCc1ccc(F)cc1. The Morgan fingerprint density at radius 2 is 1.72 bits per heavy atom. The monoisotopic (exact) mass is 433 g/mol. The van der Waals surface area contributed by atoms with E-state index in [2.05, 4.69) is 5.43 Å². The predicted molar refractivity (Wildman–Crippen MR) is 114 cm³/mol. The summed E-state index contributed by atoms with van der Waals surface area (Å²) < 4.78 is 18.8. The molecule has 32 heavy (non-hydrogen) atoms. The van der Waals surface area contributed by atoms with Gasteiger partial charge in [0.1, 0.15) is 18.0 Å². The van der Waals surface area contributed by atoms with Gasteiger partial charge in [0.25, 0.3) is 11.8 Å². The lowest BCUT2D eigenvalue weighted by atomic mass is 10.1. The molecule has 0 saturated carbocycles. The molecule has 1 fully saturated rings. The minimum absolute atomic E-state index is 0.0718. The van der Waals surface area contributed by atoms with Crippen molar-refractivity contribution >= 4 is 29.3 Å². The fraction of sp³-hybridized carbons (Fsp3) is 0.0435. The molecule has 1 saturated heterocycles. The van der Waals surface area contributed by atoms with Gasteiger partial charge >= 0.3 is 5.69 Å². The number of rotatable bonds is 6. The second-order valence-electron chi connectivity index (χ2n) is 6.84. The molecule has 0 aliphatic carbocycles. The van der Waals surface area contributed by atoms with Crippen LogP contribution in [0.15, 0.2) is 78.4 Å². The fourth-order valence-electron chi connectivity index (χ4n) is 3.16. The quantitative estimate of drug-likeness (QED) is 0.276.